The molecule has 0 aromatic carbocycles. The van der Waals surface area contributed by atoms with Crippen LogP contribution in [0.3, 0.4) is 0 Å². The highest BCUT2D eigenvalue weighted by Gasteiger charge is 2.18. The Kier molecular flexibility index (Phi) is 1.90. The molecule has 0 N–H and O–H groups in total. The van der Waals surface area contributed by atoms with Crippen LogP contribution in [0.15, 0.2) is 47.1 Å². The number of allylic oxidation sites excluding steroid dienone is 8. The van der Waals surface area contributed by atoms with E-state index in [0.29, 0.717) is 5.92 Å². The highest BCUT2D eigenvalue weighted by molar-refractivity contribution is 5.49. The summed E-state index contributed by atoms with van der Waals surface area (Å²) in [5.41, 5.74) is 3.31. The van der Waals surface area contributed by atoms with Crippen molar-refractivity contribution in [1.29, 1.82) is 5.26 Å². The Morgan fingerprint density at radius 1 is 1.46 bits per heavy atom. The van der Waals surface area contributed by atoms with Crippen LogP contribution in [0.4, 0.5) is 0 Å². The minimum absolute atomic E-state index is 0.502. The van der Waals surface area contributed by atoms with Gasteiger partial charge < -0.3 is 0 Å². The minimum atomic E-state index is 0.502. The van der Waals surface area contributed by atoms with E-state index in [0.717, 1.165) is 12.0 Å². The standard InChI is InChI=1S/C12H11N/c1-9-6-10-4-2-3-5-11(10)7-12(9)8-13/h2-5,7,10H,6H2,1H3. The first-order valence-corrected chi connectivity index (χ1v) is 4.47. The van der Waals surface area contributed by atoms with Gasteiger partial charge in [-0.05, 0) is 25.0 Å². The molecule has 1 atom stereocenters. The summed E-state index contributed by atoms with van der Waals surface area (Å²) >= 11 is 0. The molecule has 64 valence electrons. The maximum absolute atomic E-state index is 8.86. The molecule has 0 bridgehead atoms. The van der Waals surface area contributed by atoms with Crippen LogP contribution >= 0.6 is 0 Å². The van der Waals surface area contributed by atoms with Crippen LogP contribution in [-0.4, -0.2) is 0 Å². The van der Waals surface area contributed by atoms with Crippen LogP contribution in [0.5, 0.6) is 0 Å². The van der Waals surface area contributed by atoms with E-state index in [-0.39, 0.29) is 0 Å². The Balaban J connectivity index is 2.41. The van der Waals surface area contributed by atoms with Crippen LogP contribution in [0, 0.1) is 17.2 Å². The van der Waals surface area contributed by atoms with Gasteiger partial charge in [0.2, 0.25) is 0 Å². The Morgan fingerprint density at radius 3 is 3.08 bits per heavy atom. The van der Waals surface area contributed by atoms with Crippen molar-refractivity contribution in [3.63, 3.8) is 0 Å². The summed E-state index contributed by atoms with van der Waals surface area (Å²) in [6.07, 6.45) is 11.4. The fourth-order valence-corrected chi connectivity index (χ4v) is 1.80. The van der Waals surface area contributed by atoms with E-state index in [1.165, 1.54) is 11.1 Å². The molecule has 1 unspecified atom stereocenters. The van der Waals surface area contributed by atoms with Gasteiger partial charge in [-0.25, -0.2) is 0 Å². The van der Waals surface area contributed by atoms with Crippen molar-refractivity contribution >= 4 is 0 Å². The topological polar surface area (TPSA) is 23.8 Å². The molecule has 0 saturated heterocycles. The zero-order chi connectivity index (χ0) is 9.26. The van der Waals surface area contributed by atoms with Gasteiger partial charge >= 0.3 is 0 Å². The molecule has 1 nitrogen and oxygen atoms in total. The van der Waals surface area contributed by atoms with Crippen molar-refractivity contribution in [2.24, 2.45) is 5.92 Å². The van der Waals surface area contributed by atoms with E-state index >= 15 is 0 Å². The lowest BCUT2D eigenvalue weighted by atomic mass is 9.82. The lowest BCUT2D eigenvalue weighted by molar-refractivity contribution is 0.741. The quantitative estimate of drug-likeness (QED) is 0.547. The Bertz CT molecular complexity index is 386. The fourth-order valence-electron chi connectivity index (χ4n) is 1.80. The molecule has 13 heavy (non-hydrogen) atoms. The Hall–Kier alpha value is -1.55. The highest BCUT2D eigenvalue weighted by atomic mass is 14.3. The van der Waals surface area contributed by atoms with Gasteiger partial charge in [-0.15, -0.1) is 0 Å². The normalized spacial score (nSPS) is 25.2. The molecule has 2 aliphatic rings. The second-order valence-corrected chi connectivity index (χ2v) is 3.50. The van der Waals surface area contributed by atoms with Crippen LogP contribution < -0.4 is 0 Å². The molecule has 0 aliphatic heterocycles. The number of nitrogens with zero attached hydrogens (tertiary/aromatic N) is 1. The summed E-state index contributed by atoms with van der Waals surface area (Å²) in [7, 11) is 0. The van der Waals surface area contributed by atoms with Crippen LogP contribution in [0.1, 0.15) is 13.3 Å². The monoisotopic (exact) mass is 169 g/mol. The zero-order valence-corrected chi connectivity index (χ0v) is 7.62. The maximum Gasteiger partial charge on any atom is 0.0991 e. The van der Waals surface area contributed by atoms with E-state index in [1.54, 1.807) is 0 Å². The van der Waals surface area contributed by atoms with E-state index in [4.69, 9.17) is 5.26 Å². The van der Waals surface area contributed by atoms with Gasteiger partial charge in [-0.2, -0.15) is 5.26 Å². The second-order valence-electron chi connectivity index (χ2n) is 3.50. The van der Waals surface area contributed by atoms with Gasteiger partial charge in [0.1, 0.15) is 0 Å². The van der Waals surface area contributed by atoms with Crippen LogP contribution in [-0.2, 0) is 0 Å². The molecular formula is C12H11N. The van der Waals surface area contributed by atoms with Gasteiger partial charge in [0.05, 0.1) is 11.6 Å². The third-order valence-electron chi connectivity index (χ3n) is 2.59. The summed E-state index contributed by atoms with van der Waals surface area (Å²) in [5, 5.41) is 8.86. The molecule has 0 amide bonds. The number of rotatable bonds is 0. The second kappa shape index (κ2) is 3.06. The van der Waals surface area contributed by atoms with Gasteiger partial charge in [-0.1, -0.05) is 29.9 Å². The van der Waals surface area contributed by atoms with Gasteiger partial charge in [0.25, 0.3) is 0 Å². The molecule has 2 rings (SSSR count). The van der Waals surface area contributed by atoms with Crippen molar-refractivity contribution in [3.05, 3.63) is 47.1 Å². The molecule has 0 saturated carbocycles. The summed E-state index contributed by atoms with van der Waals surface area (Å²) < 4.78 is 0. The first kappa shape index (κ1) is 8.07. The third-order valence-corrected chi connectivity index (χ3v) is 2.59. The fraction of sp³-hybridized carbons (Fsp3) is 0.250. The van der Waals surface area contributed by atoms with Gasteiger partial charge in [0.15, 0.2) is 0 Å². The van der Waals surface area contributed by atoms with Gasteiger partial charge in [0, 0.05) is 5.92 Å². The smallest absolute Gasteiger partial charge is 0.0991 e. The van der Waals surface area contributed by atoms with E-state index < -0.39 is 0 Å². The largest absolute Gasteiger partial charge is 0.192 e. The molecule has 0 radical (unpaired) electrons. The summed E-state index contributed by atoms with van der Waals surface area (Å²) in [4.78, 5) is 0. The first-order chi connectivity index (χ1) is 6.31. The van der Waals surface area contributed by atoms with E-state index in [2.05, 4.69) is 24.3 Å². The molecule has 0 aromatic heterocycles. The van der Waals surface area contributed by atoms with Crippen LogP contribution in [0.25, 0.3) is 0 Å². The molecule has 0 heterocycles. The number of hydrogen-bond acceptors (Lipinski definition) is 1. The van der Waals surface area contributed by atoms with Crippen molar-refractivity contribution in [2.75, 3.05) is 0 Å². The van der Waals surface area contributed by atoms with Crippen molar-refractivity contribution in [3.8, 4) is 6.07 Å². The summed E-state index contributed by atoms with van der Waals surface area (Å²) in [6, 6.07) is 2.23. The zero-order valence-electron chi connectivity index (χ0n) is 7.62. The maximum atomic E-state index is 8.86. The molecular weight excluding hydrogens is 158 g/mol. The van der Waals surface area contributed by atoms with Crippen LogP contribution in [0.2, 0.25) is 0 Å². The molecule has 1 heteroatoms. The lowest BCUT2D eigenvalue weighted by Gasteiger charge is -2.22. The average Bonchev–Trinajstić information content (AvgIpc) is 2.17. The highest BCUT2D eigenvalue weighted by Crippen LogP contribution is 2.32. The summed E-state index contributed by atoms with van der Waals surface area (Å²) in [5.74, 6) is 0.502. The number of hydrogen-bond donors (Lipinski definition) is 0. The van der Waals surface area contributed by atoms with Crippen molar-refractivity contribution in [2.45, 2.75) is 13.3 Å². The lowest BCUT2D eigenvalue weighted by Crippen LogP contribution is -2.08. The van der Waals surface area contributed by atoms with Crippen molar-refractivity contribution in [1.82, 2.24) is 0 Å². The minimum Gasteiger partial charge on any atom is -0.192 e. The Morgan fingerprint density at radius 2 is 2.31 bits per heavy atom. The SMILES string of the molecule is CC1=C(C#N)C=C2C=CC=CC2C1. The van der Waals surface area contributed by atoms with E-state index in [1.807, 2.05) is 19.1 Å². The number of fused-ring (bicyclic) bond motifs is 1. The predicted molar refractivity (Wildman–Crippen MR) is 52.8 cm³/mol. The third kappa shape index (κ3) is 1.36. The Labute approximate surface area is 78.4 Å². The molecule has 0 spiro atoms. The van der Waals surface area contributed by atoms with Gasteiger partial charge in [-0.3, -0.25) is 0 Å². The van der Waals surface area contributed by atoms with E-state index in [9.17, 15) is 0 Å². The predicted octanol–water partition coefficient (Wildman–Crippen LogP) is 2.90. The summed E-state index contributed by atoms with van der Waals surface area (Å²) in [6.45, 7) is 2.04. The number of nitriles is 1. The van der Waals surface area contributed by atoms with Crippen molar-refractivity contribution < 1.29 is 0 Å². The molecule has 0 aromatic rings. The molecule has 0 fully saturated rings. The first-order valence-electron chi connectivity index (χ1n) is 4.47. The molecule has 2 aliphatic carbocycles. The average molecular weight is 169 g/mol.